The maximum atomic E-state index is 13.1. The molecule has 0 spiro atoms. The van der Waals surface area contributed by atoms with Crippen LogP contribution in [0.15, 0.2) is 48.5 Å². The van der Waals surface area contributed by atoms with Crippen LogP contribution in [0.4, 0.5) is 30.2 Å². The van der Waals surface area contributed by atoms with Gasteiger partial charge in [0.2, 0.25) is 5.91 Å². The van der Waals surface area contributed by atoms with E-state index in [1.54, 1.807) is 32.7 Å². The summed E-state index contributed by atoms with van der Waals surface area (Å²) in [6.45, 7) is 5.11. The summed E-state index contributed by atoms with van der Waals surface area (Å²) in [6, 6.07) is 12.6. The van der Waals surface area contributed by atoms with Gasteiger partial charge in [-0.25, -0.2) is 0 Å². The summed E-state index contributed by atoms with van der Waals surface area (Å²) < 4.78 is 39.2. The molecule has 0 fully saturated rings. The number of halogens is 3. The first kappa shape index (κ1) is 18.8. The molecule has 25 heavy (non-hydrogen) atoms. The van der Waals surface area contributed by atoms with Crippen LogP contribution in [0.5, 0.6) is 0 Å². The first-order valence-electron chi connectivity index (χ1n) is 7.81. The van der Waals surface area contributed by atoms with Crippen LogP contribution in [0.3, 0.4) is 0 Å². The van der Waals surface area contributed by atoms with Crippen LogP contribution < -0.4 is 10.2 Å². The smallest absolute Gasteiger partial charge is 0.343 e. The van der Waals surface area contributed by atoms with E-state index in [9.17, 15) is 18.0 Å². The van der Waals surface area contributed by atoms with E-state index in [2.05, 4.69) is 5.32 Å². The minimum atomic E-state index is -4.48. The molecule has 0 saturated carbocycles. The van der Waals surface area contributed by atoms with Gasteiger partial charge in [0.1, 0.15) is 0 Å². The minimum Gasteiger partial charge on any atom is -0.343 e. The minimum absolute atomic E-state index is 0.126. The topological polar surface area (TPSA) is 32.3 Å². The maximum Gasteiger partial charge on any atom is 0.416 e. The Bertz CT molecular complexity index is 749. The van der Waals surface area contributed by atoms with Crippen molar-refractivity contribution in [1.29, 1.82) is 0 Å². The molecule has 0 atom stereocenters. The van der Waals surface area contributed by atoms with Crippen LogP contribution in [0.2, 0.25) is 0 Å². The number of benzene rings is 2. The van der Waals surface area contributed by atoms with Gasteiger partial charge in [0, 0.05) is 18.2 Å². The van der Waals surface area contributed by atoms with E-state index in [1.165, 1.54) is 6.07 Å². The van der Waals surface area contributed by atoms with E-state index < -0.39 is 17.2 Å². The number of carbonyl (C=O) groups excluding carboxylic acids is 1. The number of para-hydroxylation sites is 1. The molecule has 0 radical (unpaired) electrons. The molecule has 1 amide bonds. The van der Waals surface area contributed by atoms with Crippen molar-refractivity contribution in [2.45, 2.75) is 26.9 Å². The van der Waals surface area contributed by atoms with Gasteiger partial charge in [0.15, 0.2) is 0 Å². The molecular weight excluding hydrogens is 329 g/mol. The Balaban J connectivity index is 2.49. The molecule has 3 nitrogen and oxygen atoms in total. The van der Waals surface area contributed by atoms with Gasteiger partial charge < -0.3 is 10.2 Å². The predicted octanol–water partition coefficient (Wildman–Crippen LogP) is 5.46. The quantitative estimate of drug-likeness (QED) is 0.797. The Labute approximate surface area is 145 Å². The number of alkyl halides is 3. The lowest BCUT2D eigenvalue weighted by molar-refractivity contribution is -0.137. The monoisotopic (exact) mass is 350 g/mol. The number of hydrogen-bond acceptors (Lipinski definition) is 2. The lowest BCUT2D eigenvalue weighted by Crippen LogP contribution is -2.28. The summed E-state index contributed by atoms with van der Waals surface area (Å²) in [5.41, 5.74) is -0.120. The lowest BCUT2D eigenvalue weighted by atomic mass is 9.95. The molecular formula is C19H21F3N2O. The molecule has 1 N–H and O–H groups in total. The summed E-state index contributed by atoms with van der Waals surface area (Å²) in [7, 11) is 1.74. The summed E-state index contributed by atoms with van der Waals surface area (Å²) in [4.78, 5) is 14.0. The molecule has 2 aromatic carbocycles. The highest BCUT2D eigenvalue weighted by Crippen LogP contribution is 2.37. The van der Waals surface area contributed by atoms with Crippen molar-refractivity contribution >= 4 is 23.0 Å². The number of nitrogens with one attached hydrogen (secondary N) is 1. The van der Waals surface area contributed by atoms with Gasteiger partial charge in [-0.3, -0.25) is 4.79 Å². The molecule has 2 rings (SSSR count). The van der Waals surface area contributed by atoms with Crippen LogP contribution in [-0.4, -0.2) is 13.0 Å². The van der Waals surface area contributed by atoms with Crippen LogP contribution in [0.25, 0.3) is 0 Å². The first-order chi connectivity index (χ1) is 11.5. The van der Waals surface area contributed by atoms with Crippen LogP contribution in [0.1, 0.15) is 26.3 Å². The predicted molar refractivity (Wildman–Crippen MR) is 94.0 cm³/mol. The van der Waals surface area contributed by atoms with E-state index in [1.807, 2.05) is 30.3 Å². The van der Waals surface area contributed by atoms with E-state index in [4.69, 9.17) is 0 Å². The van der Waals surface area contributed by atoms with E-state index in [0.29, 0.717) is 5.69 Å². The molecule has 0 aromatic heterocycles. The molecule has 0 aliphatic carbocycles. The summed E-state index contributed by atoms with van der Waals surface area (Å²) in [5, 5.41) is 2.63. The van der Waals surface area contributed by atoms with Crippen molar-refractivity contribution in [3.8, 4) is 0 Å². The van der Waals surface area contributed by atoms with Crippen molar-refractivity contribution in [3.63, 3.8) is 0 Å². The number of carbonyl (C=O) groups is 1. The molecule has 0 aliphatic rings. The van der Waals surface area contributed by atoms with E-state index >= 15 is 0 Å². The highest BCUT2D eigenvalue weighted by molar-refractivity contribution is 5.98. The highest BCUT2D eigenvalue weighted by Gasteiger charge is 2.32. The van der Waals surface area contributed by atoms with Gasteiger partial charge in [-0.15, -0.1) is 0 Å². The van der Waals surface area contributed by atoms with E-state index in [0.717, 1.165) is 17.8 Å². The third-order valence-corrected chi connectivity index (χ3v) is 3.76. The Morgan fingerprint density at radius 2 is 1.60 bits per heavy atom. The molecule has 6 heteroatoms. The lowest BCUT2D eigenvalue weighted by Gasteiger charge is -2.26. The van der Waals surface area contributed by atoms with Crippen molar-refractivity contribution in [3.05, 3.63) is 54.1 Å². The number of nitrogens with zero attached hydrogens (tertiary/aromatic N) is 1. The molecule has 0 aliphatic heterocycles. The zero-order valence-electron chi connectivity index (χ0n) is 14.6. The zero-order valence-corrected chi connectivity index (χ0v) is 14.6. The maximum absolute atomic E-state index is 13.1. The molecule has 2 aromatic rings. The van der Waals surface area contributed by atoms with Crippen molar-refractivity contribution in [1.82, 2.24) is 0 Å². The Morgan fingerprint density at radius 1 is 1.00 bits per heavy atom. The fourth-order valence-electron chi connectivity index (χ4n) is 2.21. The number of hydrogen-bond donors (Lipinski definition) is 1. The Hall–Kier alpha value is -2.50. The third-order valence-electron chi connectivity index (χ3n) is 3.76. The second kappa shape index (κ2) is 6.78. The van der Waals surface area contributed by atoms with Gasteiger partial charge in [-0.05, 0) is 30.3 Å². The largest absolute Gasteiger partial charge is 0.416 e. The number of rotatable bonds is 3. The van der Waals surface area contributed by atoms with Crippen LogP contribution in [0, 0.1) is 5.41 Å². The van der Waals surface area contributed by atoms with E-state index in [-0.39, 0.29) is 11.6 Å². The average Bonchev–Trinajstić information content (AvgIpc) is 2.53. The molecule has 0 unspecified atom stereocenters. The summed E-state index contributed by atoms with van der Waals surface area (Å²) >= 11 is 0. The molecule has 0 bridgehead atoms. The highest BCUT2D eigenvalue weighted by atomic mass is 19.4. The Morgan fingerprint density at radius 3 is 2.12 bits per heavy atom. The van der Waals surface area contributed by atoms with Gasteiger partial charge in [-0.1, -0.05) is 39.0 Å². The molecule has 0 heterocycles. The van der Waals surface area contributed by atoms with Gasteiger partial charge >= 0.3 is 6.18 Å². The normalized spacial score (nSPS) is 12.0. The van der Waals surface area contributed by atoms with Crippen molar-refractivity contribution in [2.24, 2.45) is 5.41 Å². The van der Waals surface area contributed by atoms with Gasteiger partial charge in [-0.2, -0.15) is 13.2 Å². The van der Waals surface area contributed by atoms with Crippen molar-refractivity contribution < 1.29 is 18.0 Å². The third kappa shape index (κ3) is 4.53. The number of amides is 1. The average molecular weight is 350 g/mol. The van der Waals surface area contributed by atoms with Crippen LogP contribution in [-0.2, 0) is 11.0 Å². The number of anilines is 3. The fourth-order valence-corrected chi connectivity index (χ4v) is 2.21. The molecule has 134 valence electrons. The van der Waals surface area contributed by atoms with Gasteiger partial charge in [0.05, 0.1) is 16.9 Å². The fraction of sp³-hybridized carbons (Fsp3) is 0.316. The second-order valence-corrected chi connectivity index (χ2v) is 6.83. The first-order valence-corrected chi connectivity index (χ1v) is 7.81. The van der Waals surface area contributed by atoms with Gasteiger partial charge in [0.25, 0.3) is 0 Å². The molecule has 0 saturated heterocycles. The second-order valence-electron chi connectivity index (χ2n) is 6.83. The van der Waals surface area contributed by atoms with Crippen molar-refractivity contribution in [2.75, 3.05) is 17.3 Å². The Kier molecular flexibility index (Phi) is 5.11. The summed E-state index contributed by atoms with van der Waals surface area (Å²) in [5.74, 6) is -0.352. The zero-order chi connectivity index (χ0) is 18.8. The summed E-state index contributed by atoms with van der Waals surface area (Å²) in [6.07, 6.45) is -4.48. The standard InChI is InChI=1S/C19H21F3N2O/c1-18(2,3)17(25)23-15-12-13(19(20,21)22)10-11-16(15)24(4)14-8-6-5-7-9-14/h5-12H,1-4H3,(H,23,25). The van der Waals surface area contributed by atoms with Crippen LogP contribution >= 0.6 is 0 Å². The SMILES string of the molecule is CN(c1ccccc1)c1ccc(C(F)(F)F)cc1NC(=O)C(C)(C)C.